The topological polar surface area (TPSA) is 56.8 Å². The zero-order valence-corrected chi connectivity index (χ0v) is 21.8. The molecular formula is C32H42N2O. The van der Waals surface area contributed by atoms with Gasteiger partial charge < -0.3 is 4.74 Å². The van der Waals surface area contributed by atoms with E-state index in [9.17, 15) is 10.5 Å². The molecule has 0 aliphatic heterocycles. The largest absolute Gasteiger partial charge is 0.494 e. The molecule has 186 valence electrons. The van der Waals surface area contributed by atoms with Gasteiger partial charge in [0.05, 0.1) is 17.7 Å². The summed E-state index contributed by atoms with van der Waals surface area (Å²) >= 11 is 0. The van der Waals surface area contributed by atoms with E-state index < -0.39 is 0 Å². The molecule has 3 rings (SSSR count). The fraction of sp³-hybridized carbons (Fsp3) is 0.562. The van der Waals surface area contributed by atoms with Gasteiger partial charge in [0.1, 0.15) is 17.9 Å². The van der Waals surface area contributed by atoms with Crippen molar-refractivity contribution in [2.75, 3.05) is 6.61 Å². The molecule has 0 saturated heterocycles. The van der Waals surface area contributed by atoms with Crippen LogP contribution in [0.1, 0.15) is 120 Å². The van der Waals surface area contributed by atoms with E-state index in [1.807, 2.05) is 30.3 Å². The first-order valence-electron chi connectivity index (χ1n) is 13.9. The third-order valence-electron chi connectivity index (χ3n) is 7.65. The fourth-order valence-corrected chi connectivity index (χ4v) is 5.51. The predicted molar refractivity (Wildman–Crippen MR) is 144 cm³/mol. The first-order valence-corrected chi connectivity index (χ1v) is 13.9. The van der Waals surface area contributed by atoms with Gasteiger partial charge in [-0.3, -0.25) is 0 Å². The van der Waals surface area contributed by atoms with E-state index >= 15 is 0 Å². The molecule has 0 spiro atoms. The number of unbranched alkanes of at least 4 members (excludes halogenated alkanes) is 6. The summed E-state index contributed by atoms with van der Waals surface area (Å²) in [4.78, 5) is 0. The Labute approximate surface area is 213 Å². The van der Waals surface area contributed by atoms with Gasteiger partial charge in [-0.05, 0) is 67.2 Å². The van der Waals surface area contributed by atoms with Gasteiger partial charge in [-0.2, -0.15) is 10.5 Å². The number of hydrogen-bond donors (Lipinski definition) is 0. The van der Waals surface area contributed by atoms with Crippen molar-refractivity contribution in [2.45, 2.75) is 103 Å². The second-order valence-corrected chi connectivity index (χ2v) is 10.2. The Morgan fingerprint density at radius 1 is 0.743 bits per heavy atom. The Hall–Kier alpha value is -2.78. The van der Waals surface area contributed by atoms with Crippen molar-refractivity contribution in [3.05, 3.63) is 53.1 Å². The highest BCUT2D eigenvalue weighted by Gasteiger charge is 2.26. The van der Waals surface area contributed by atoms with Crippen molar-refractivity contribution >= 4 is 0 Å². The van der Waals surface area contributed by atoms with Crippen LogP contribution in [0.5, 0.6) is 5.75 Å². The van der Waals surface area contributed by atoms with Crippen LogP contribution in [0.25, 0.3) is 11.1 Å². The van der Waals surface area contributed by atoms with E-state index in [1.54, 1.807) is 0 Å². The van der Waals surface area contributed by atoms with Gasteiger partial charge in [0.2, 0.25) is 0 Å². The summed E-state index contributed by atoms with van der Waals surface area (Å²) in [6.07, 6.45) is 16.1. The summed E-state index contributed by atoms with van der Waals surface area (Å²) < 4.78 is 5.90. The SMILES string of the molecule is CCCCCCCOc1ccc(-c2ccc(C3CCC(CCCCC)CC3)c(C#N)c2C#N)cc1. The van der Waals surface area contributed by atoms with Gasteiger partial charge >= 0.3 is 0 Å². The van der Waals surface area contributed by atoms with Crippen LogP contribution in [0.15, 0.2) is 36.4 Å². The van der Waals surface area contributed by atoms with E-state index in [4.69, 9.17) is 4.74 Å². The number of nitriles is 2. The Kier molecular flexibility index (Phi) is 11.2. The molecule has 0 radical (unpaired) electrons. The standard InChI is InChI=1S/C32H42N2O/c1-3-5-7-8-10-22-35-28-18-16-27(17-19-28)30-21-20-29(31(23-33)32(30)24-34)26-14-12-25(13-15-26)11-9-6-4-2/h16-21,25-26H,3-15,22H2,1-2H3. The van der Waals surface area contributed by atoms with Gasteiger partial charge in [0, 0.05) is 5.56 Å². The van der Waals surface area contributed by atoms with Crippen LogP contribution in [0, 0.1) is 28.6 Å². The third-order valence-corrected chi connectivity index (χ3v) is 7.65. The minimum absolute atomic E-state index is 0.390. The maximum Gasteiger partial charge on any atom is 0.119 e. The molecule has 0 unspecified atom stereocenters. The lowest BCUT2D eigenvalue weighted by Gasteiger charge is -2.29. The highest BCUT2D eigenvalue weighted by molar-refractivity contribution is 5.75. The molecule has 2 aromatic carbocycles. The Bertz CT molecular complexity index is 988. The highest BCUT2D eigenvalue weighted by Crippen LogP contribution is 2.41. The minimum Gasteiger partial charge on any atom is -0.494 e. The molecule has 3 heteroatoms. The van der Waals surface area contributed by atoms with Crippen molar-refractivity contribution in [3.63, 3.8) is 0 Å². The Balaban J connectivity index is 1.67. The van der Waals surface area contributed by atoms with Crippen LogP contribution in [0.3, 0.4) is 0 Å². The van der Waals surface area contributed by atoms with Gasteiger partial charge in [-0.25, -0.2) is 0 Å². The lowest BCUT2D eigenvalue weighted by atomic mass is 9.75. The van der Waals surface area contributed by atoms with Crippen molar-refractivity contribution in [1.82, 2.24) is 0 Å². The monoisotopic (exact) mass is 470 g/mol. The number of ether oxygens (including phenoxy) is 1. The van der Waals surface area contributed by atoms with Crippen LogP contribution in [0.4, 0.5) is 0 Å². The normalized spacial score (nSPS) is 17.5. The zero-order chi connectivity index (χ0) is 24.9. The van der Waals surface area contributed by atoms with Crippen molar-refractivity contribution in [1.29, 1.82) is 10.5 Å². The van der Waals surface area contributed by atoms with Crippen LogP contribution in [0.2, 0.25) is 0 Å². The van der Waals surface area contributed by atoms with Crippen LogP contribution < -0.4 is 4.74 Å². The predicted octanol–water partition coefficient (Wildman–Crippen LogP) is 9.30. The summed E-state index contributed by atoms with van der Waals surface area (Å²) in [5.74, 6) is 2.08. The molecule has 0 aromatic heterocycles. The molecule has 2 aromatic rings. The van der Waals surface area contributed by atoms with Crippen molar-refractivity contribution < 1.29 is 4.74 Å². The van der Waals surface area contributed by atoms with E-state index in [-0.39, 0.29) is 0 Å². The lowest BCUT2D eigenvalue weighted by molar-refractivity contribution is 0.302. The van der Waals surface area contributed by atoms with Gasteiger partial charge in [0.15, 0.2) is 0 Å². The number of rotatable bonds is 13. The average Bonchev–Trinajstić information content (AvgIpc) is 2.90. The number of nitrogens with zero attached hydrogens (tertiary/aromatic N) is 2. The maximum atomic E-state index is 10.0. The molecule has 0 bridgehead atoms. The van der Waals surface area contributed by atoms with Gasteiger partial charge in [-0.15, -0.1) is 0 Å². The molecule has 35 heavy (non-hydrogen) atoms. The molecule has 1 aliphatic carbocycles. The number of hydrogen-bond acceptors (Lipinski definition) is 3. The summed E-state index contributed by atoms with van der Waals surface area (Å²) in [7, 11) is 0. The van der Waals surface area contributed by atoms with E-state index in [0.29, 0.717) is 17.0 Å². The smallest absolute Gasteiger partial charge is 0.119 e. The van der Waals surface area contributed by atoms with E-state index in [2.05, 4.69) is 32.1 Å². The minimum atomic E-state index is 0.390. The molecule has 0 N–H and O–H groups in total. The quantitative estimate of drug-likeness (QED) is 0.274. The van der Waals surface area contributed by atoms with Crippen molar-refractivity contribution in [2.24, 2.45) is 5.92 Å². The van der Waals surface area contributed by atoms with E-state index in [1.165, 1.54) is 64.2 Å². The Morgan fingerprint density at radius 3 is 2.06 bits per heavy atom. The zero-order valence-electron chi connectivity index (χ0n) is 21.8. The molecule has 1 saturated carbocycles. The summed E-state index contributed by atoms with van der Waals surface area (Å²) in [5, 5.41) is 20.0. The average molecular weight is 471 g/mol. The second-order valence-electron chi connectivity index (χ2n) is 10.2. The fourth-order valence-electron chi connectivity index (χ4n) is 5.51. The number of benzene rings is 2. The summed E-state index contributed by atoms with van der Waals surface area (Å²) in [6, 6.07) is 16.9. The molecule has 1 aliphatic rings. The first kappa shape index (κ1) is 26.8. The maximum absolute atomic E-state index is 10.0. The summed E-state index contributed by atoms with van der Waals surface area (Å²) in [5.41, 5.74) is 3.96. The molecule has 1 fully saturated rings. The molecule has 0 heterocycles. The van der Waals surface area contributed by atoms with Crippen molar-refractivity contribution in [3.8, 4) is 29.0 Å². The van der Waals surface area contributed by atoms with Crippen LogP contribution >= 0.6 is 0 Å². The molecule has 0 amide bonds. The van der Waals surface area contributed by atoms with Gasteiger partial charge in [-0.1, -0.05) is 89.5 Å². The van der Waals surface area contributed by atoms with E-state index in [0.717, 1.165) is 54.2 Å². The highest BCUT2D eigenvalue weighted by atomic mass is 16.5. The molecular weight excluding hydrogens is 428 g/mol. The molecule has 3 nitrogen and oxygen atoms in total. The Morgan fingerprint density at radius 2 is 1.40 bits per heavy atom. The van der Waals surface area contributed by atoms with Crippen LogP contribution in [-0.2, 0) is 0 Å². The van der Waals surface area contributed by atoms with Gasteiger partial charge in [0.25, 0.3) is 0 Å². The first-order chi connectivity index (χ1) is 17.2. The summed E-state index contributed by atoms with van der Waals surface area (Å²) in [6.45, 7) is 5.22. The lowest BCUT2D eigenvalue weighted by Crippen LogP contribution is -2.15. The molecule has 0 atom stereocenters. The van der Waals surface area contributed by atoms with Crippen LogP contribution in [-0.4, -0.2) is 6.61 Å². The second kappa shape index (κ2) is 14.6. The third kappa shape index (κ3) is 7.60.